The van der Waals surface area contributed by atoms with E-state index in [2.05, 4.69) is 17.2 Å². The van der Waals surface area contributed by atoms with Gasteiger partial charge in [-0.25, -0.2) is 9.78 Å². The molecule has 2 rings (SSSR count). The molecule has 2 atom stereocenters. The first-order valence-corrected chi connectivity index (χ1v) is 7.82. The highest BCUT2D eigenvalue weighted by molar-refractivity contribution is 7.99. The summed E-state index contributed by atoms with van der Waals surface area (Å²) in [6, 6.07) is 5.80. The molecule has 1 saturated carbocycles. The number of nitrogens with one attached hydrogen (secondary N) is 1. The molecule has 1 aliphatic rings. The van der Waals surface area contributed by atoms with E-state index < -0.39 is 0 Å². The van der Waals surface area contributed by atoms with E-state index in [1.54, 1.807) is 12.3 Å². The third-order valence-electron chi connectivity index (χ3n) is 3.53. The number of anilines is 1. The fraction of sp³-hybridized carbons (Fsp3) is 0.571. The van der Waals surface area contributed by atoms with E-state index in [0.717, 1.165) is 18.6 Å². The van der Waals surface area contributed by atoms with Crippen molar-refractivity contribution in [2.24, 2.45) is 0 Å². The zero-order valence-electron chi connectivity index (χ0n) is 11.5. The maximum atomic E-state index is 12.1. The number of nitrogens with zero attached hydrogens (tertiary/aromatic N) is 2. The van der Waals surface area contributed by atoms with E-state index in [0.29, 0.717) is 17.1 Å². The van der Waals surface area contributed by atoms with Crippen molar-refractivity contribution in [1.82, 2.24) is 9.88 Å². The molecule has 2 amide bonds. The van der Waals surface area contributed by atoms with Crippen LogP contribution in [0, 0.1) is 0 Å². The van der Waals surface area contributed by atoms with Gasteiger partial charge >= 0.3 is 6.03 Å². The number of aromatic nitrogens is 1. The summed E-state index contributed by atoms with van der Waals surface area (Å²) in [5.41, 5.74) is 0. The zero-order chi connectivity index (χ0) is 13.7. The van der Waals surface area contributed by atoms with E-state index in [4.69, 9.17) is 0 Å². The summed E-state index contributed by atoms with van der Waals surface area (Å²) in [4.78, 5) is 18.1. The van der Waals surface area contributed by atoms with Crippen LogP contribution >= 0.6 is 11.8 Å². The highest BCUT2D eigenvalue weighted by Crippen LogP contribution is 2.32. The molecule has 0 aliphatic heterocycles. The molecular formula is C14H21N3OS. The fourth-order valence-electron chi connectivity index (χ4n) is 2.46. The van der Waals surface area contributed by atoms with Crippen LogP contribution in [0.25, 0.3) is 0 Å². The van der Waals surface area contributed by atoms with Gasteiger partial charge in [-0.15, -0.1) is 0 Å². The number of thioether (sulfide) groups is 1. The van der Waals surface area contributed by atoms with Crippen molar-refractivity contribution in [3.8, 4) is 0 Å². The topological polar surface area (TPSA) is 45.2 Å². The third-order valence-corrected chi connectivity index (χ3v) is 4.76. The van der Waals surface area contributed by atoms with Crippen LogP contribution < -0.4 is 5.32 Å². The van der Waals surface area contributed by atoms with Gasteiger partial charge in [-0.3, -0.25) is 5.32 Å². The minimum Gasteiger partial charge on any atom is -0.325 e. The summed E-state index contributed by atoms with van der Waals surface area (Å²) < 4.78 is 0. The van der Waals surface area contributed by atoms with Crippen molar-refractivity contribution in [3.05, 3.63) is 24.4 Å². The number of rotatable bonds is 4. The molecule has 0 spiro atoms. The molecule has 0 unspecified atom stereocenters. The lowest BCUT2D eigenvalue weighted by Crippen LogP contribution is -2.38. The molecule has 0 aromatic carbocycles. The van der Waals surface area contributed by atoms with Crippen molar-refractivity contribution in [2.45, 2.75) is 37.5 Å². The highest BCUT2D eigenvalue weighted by Gasteiger charge is 2.29. The molecule has 5 heteroatoms. The average Bonchev–Trinajstić information content (AvgIpc) is 2.88. The normalized spacial score (nSPS) is 22.2. The predicted octanol–water partition coefficient (Wildman–Crippen LogP) is 3.22. The monoisotopic (exact) mass is 279 g/mol. The second-order valence-corrected chi connectivity index (χ2v) is 6.38. The van der Waals surface area contributed by atoms with Gasteiger partial charge in [0.05, 0.1) is 0 Å². The molecule has 1 N–H and O–H groups in total. The first-order chi connectivity index (χ1) is 9.20. The summed E-state index contributed by atoms with van der Waals surface area (Å²) in [5.74, 6) is 1.76. The summed E-state index contributed by atoms with van der Waals surface area (Å²) in [5, 5.41) is 3.54. The van der Waals surface area contributed by atoms with E-state index in [-0.39, 0.29) is 6.03 Å². The number of pyridine rings is 1. The summed E-state index contributed by atoms with van der Waals surface area (Å²) >= 11 is 2.01. The van der Waals surface area contributed by atoms with Crippen LogP contribution in [0.3, 0.4) is 0 Å². The van der Waals surface area contributed by atoms with Gasteiger partial charge in [-0.05, 0) is 37.1 Å². The molecular weight excluding hydrogens is 258 g/mol. The molecule has 104 valence electrons. The van der Waals surface area contributed by atoms with Crippen LogP contribution in [0.5, 0.6) is 0 Å². The van der Waals surface area contributed by atoms with Gasteiger partial charge in [0, 0.05) is 24.5 Å². The lowest BCUT2D eigenvalue weighted by Gasteiger charge is -2.24. The SMILES string of the molecule is CCS[C@H]1CC[C@H](N(C)C(=O)Nc2ccccn2)C1. The van der Waals surface area contributed by atoms with Gasteiger partial charge in [0.15, 0.2) is 0 Å². The van der Waals surface area contributed by atoms with E-state index in [1.807, 2.05) is 35.8 Å². The summed E-state index contributed by atoms with van der Waals surface area (Å²) in [7, 11) is 1.88. The van der Waals surface area contributed by atoms with Gasteiger partial charge in [0.2, 0.25) is 0 Å². The van der Waals surface area contributed by atoms with Crippen molar-refractivity contribution in [1.29, 1.82) is 0 Å². The van der Waals surface area contributed by atoms with Gasteiger partial charge in [0.25, 0.3) is 0 Å². The molecule has 0 bridgehead atoms. The first-order valence-electron chi connectivity index (χ1n) is 6.77. The van der Waals surface area contributed by atoms with Crippen LogP contribution in [0.4, 0.5) is 10.6 Å². The van der Waals surface area contributed by atoms with Crippen LogP contribution in [-0.4, -0.2) is 40.0 Å². The minimum atomic E-state index is -0.0640. The van der Waals surface area contributed by atoms with Crippen molar-refractivity contribution in [2.75, 3.05) is 18.1 Å². The Hall–Kier alpha value is -1.23. The van der Waals surface area contributed by atoms with E-state index >= 15 is 0 Å². The molecule has 1 aromatic rings. The van der Waals surface area contributed by atoms with Gasteiger partial charge in [-0.2, -0.15) is 11.8 Å². The number of carbonyl (C=O) groups is 1. The Morgan fingerprint density at radius 1 is 1.53 bits per heavy atom. The Morgan fingerprint density at radius 3 is 3.05 bits per heavy atom. The number of amides is 2. The second kappa shape index (κ2) is 6.80. The molecule has 0 saturated heterocycles. The largest absolute Gasteiger partial charge is 0.325 e. The molecule has 0 radical (unpaired) electrons. The molecule has 1 heterocycles. The summed E-state index contributed by atoms with van der Waals surface area (Å²) in [6.07, 6.45) is 5.10. The number of urea groups is 1. The minimum absolute atomic E-state index is 0.0640. The smallest absolute Gasteiger partial charge is 0.322 e. The Bertz CT molecular complexity index is 412. The van der Waals surface area contributed by atoms with Gasteiger partial charge in [-0.1, -0.05) is 13.0 Å². The standard InChI is InChI=1S/C14H21N3OS/c1-3-19-12-8-7-11(10-12)17(2)14(18)16-13-6-4-5-9-15-13/h4-6,9,11-12H,3,7-8,10H2,1-2H3,(H,15,16,18)/t11-,12-/m0/s1. The van der Waals surface area contributed by atoms with Gasteiger partial charge in [0.1, 0.15) is 5.82 Å². The predicted molar refractivity (Wildman–Crippen MR) is 80.6 cm³/mol. The van der Waals surface area contributed by atoms with Crippen LogP contribution in [0.1, 0.15) is 26.2 Å². The lowest BCUT2D eigenvalue weighted by atomic mass is 10.2. The van der Waals surface area contributed by atoms with E-state index in [9.17, 15) is 4.79 Å². The molecule has 1 aliphatic carbocycles. The maximum Gasteiger partial charge on any atom is 0.322 e. The van der Waals surface area contributed by atoms with Gasteiger partial charge < -0.3 is 4.90 Å². The van der Waals surface area contributed by atoms with Crippen molar-refractivity contribution in [3.63, 3.8) is 0 Å². The lowest BCUT2D eigenvalue weighted by molar-refractivity contribution is 0.205. The van der Waals surface area contributed by atoms with Crippen LogP contribution in [0.2, 0.25) is 0 Å². The average molecular weight is 279 g/mol. The molecule has 1 fully saturated rings. The Labute approximate surface area is 119 Å². The Balaban J connectivity index is 1.86. The van der Waals surface area contributed by atoms with Crippen molar-refractivity contribution < 1.29 is 4.79 Å². The van der Waals surface area contributed by atoms with Crippen LogP contribution in [0.15, 0.2) is 24.4 Å². The van der Waals surface area contributed by atoms with Crippen LogP contribution in [-0.2, 0) is 0 Å². The molecule has 4 nitrogen and oxygen atoms in total. The first kappa shape index (κ1) is 14.2. The molecule has 19 heavy (non-hydrogen) atoms. The number of hydrogen-bond donors (Lipinski definition) is 1. The molecule has 1 aromatic heterocycles. The number of hydrogen-bond acceptors (Lipinski definition) is 3. The quantitative estimate of drug-likeness (QED) is 0.920. The maximum absolute atomic E-state index is 12.1. The van der Waals surface area contributed by atoms with E-state index in [1.165, 1.54) is 6.42 Å². The Morgan fingerprint density at radius 2 is 2.37 bits per heavy atom. The second-order valence-electron chi connectivity index (χ2n) is 4.80. The van der Waals surface area contributed by atoms with Crippen molar-refractivity contribution >= 4 is 23.6 Å². The zero-order valence-corrected chi connectivity index (χ0v) is 12.3. The highest BCUT2D eigenvalue weighted by atomic mass is 32.2. The fourth-order valence-corrected chi connectivity index (χ4v) is 3.59. The summed E-state index contributed by atoms with van der Waals surface area (Å²) in [6.45, 7) is 2.19. The Kier molecular flexibility index (Phi) is 5.07. The third kappa shape index (κ3) is 3.86. The number of carbonyl (C=O) groups excluding carboxylic acids is 1.